The van der Waals surface area contributed by atoms with Crippen molar-refractivity contribution in [2.45, 2.75) is 90.9 Å². The number of unbranched alkanes of at least 4 members (excludes halogenated alkanes) is 7. The number of hydrogen-bond acceptors (Lipinski definition) is 2. The van der Waals surface area contributed by atoms with Crippen LogP contribution in [0.15, 0.2) is 24.3 Å². The van der Waals surface area contributed by atoms with Crippen molar-refractivity contribution >= 4 is 5.97 Å². The fourth-order valence-electron chi connectivity index (χ4n) is 2.16. The van der Waals surface area contributed by atoms with Crippen molar-refractivity contribution in [2.24, 2.45) is 0 Å². The number of carbonyl (C=O) groups is 1. The molecule has 0 aromatic heterocycles. The van der Waals surface area contributed by atoms with Crippen molar-refractivity contribution in [1.82, 2.24) is 0 Å². The summed E-state index contributed by atoms with van der Waals surface area (Å²) < 4.78 is 5.22. The lowest BCUT2D eigenvalue weighted by Gasteiger charge is -2.02. The predicted molar refractivity (Wildman–Crippen MR) is 96.0 cm³/mol. The number of hydrogen-bond donors (Lipinski definition) is 0. The molecule has 0 heterocycles. The molecule has 0 saturated carbocycles. The highest BCUT2D eigenvalue weighted by Crippen LogP contribution is 2.04. The van der Waals surface area contributed by atoms with Gasteiger partial charge in [-0.05, 0) is 38.5 Å². The quantitative estimate of drug-likeness (QED) is 0.200. The normalized spacial score (nSPS) is 11.5. The lowest BCUT2D eigenvalue weighted by molar-refractivity contribution is -0.143. The summed E-state index contributed by atoms with van der Waals surface area (Å²) in [4.78, 5) is 11.5. The van der Waals surface area contributed by atoms with E-state index >= 15 is 0 Å². The fourth-order valence-corrected chi connectivity index (χ4v) is 2.16. The van der Waals surface area contributed by atoms with Crippen molar-refractivity contribution < 1.29 is 9.53 Å². The second-order valence-corrected chi connectivity index (χ2v) is 5.84. The minimum atomic E-state index is -0.0571. The molecule has 0 amide bonds. The van der Waals surface area contributed by atoms with E-state index < -0.39 is 0 Å². The van der Waals surface area contributed by atoms with Crippen molar-refractivity contribution in [1.29, 1.82) is 0 Å². The molecule has 0 saturated heterocycles. The van der Waals surface area contributed by atoms with Gasteiger partial charge in [-0.25, -0.2) is 0 Å². The molecule has 128 valence electrons. The van der Waals surface area contributed by atoms with Gasteiger partial charge in [0.2, 0.25) is 0 Å². The summed E-state index contributed by atoms with van der Waals surface area (Å²) in [5.74, 6) is -0.0571. The third-order valence-corrected chi connectivity index (χ3v) is 3.58. The van der Waals surface area contributed by atoms with Crippen LogP contribution in [0.4, 0.5) is 0 Å². The molecule has 0 atom stereocenters. The molecule has 0 aliphatic heterocycles. The molecule has 0 spiro atoms. The molecule has 0 aliphatic carbocycles. The van der Waals surface area contributed by atoms with Gasteiger partial charge >= 0.3 is 5.97 Å². The standard InChI is InChI=1S/C20H36O2/c1-3-5-7-9-11-13-15-17-19-22-20(21)18-16-14-12-10-8-6-4-2/h10,12-13,15H,3-9,11,14,16-19H2,1-2H3/b12-10+,15-13+. The van der Waals surface area contributed by atoms with E-state index in [4.69, 9.17) is 4.74 Å². The van der Waals surface area contributed by atoms with Crippen LogP contribution in [-0.4, -0.2) is 12.6 Å². The molecule has 0 aliphatic rings. The van der Waals surface area contributed by atoms with Crippen molar-refractivity contribution in [3.8, 4) is 0 Å². The van der Waals surface area contributed by atoms with Gasteiger partial charge in [-0.3, -0.25) is 4.79 Å². The monoisotopic (exact) mass is 308 g/mol. The van der Waals surface area contributed by atoms with E-state index in [9.17, 15) is 4.79 Å². The summed E-state index contributed by atoms with van der Waals surface area (Å²) in [5.41, 5.74) is 0. The van der Waals surface area contributed by atoms with Gasteiger partial charge in [0.05, 0.1) is 6.61 Å². The molecule has 0 radical (unpaired) electrons. The molecule has 2 nitrogen and oxygen atoms in total. The van der Waals surface area contributed by atoms with Crippen LogP contribution >= 0.6 is 0 Å². The molecular weight excluding hydrogens is 272 g/mol. The maximum absolute atomic E-state index is 11.5. The first-order valence-electron chi connectivity index (χ1n) is 9.26. The maximum atomic E-state index is 11.5. The number of esters is 1. The molecule has 0 N–H and O–H groups in total. The van der Waals surface area contributed by atoms with Crippen molar-refractivity contribution in [2.75, 3.05) is 6.61 Å². The van der Waals surface area contributed by atoms with Crippen LogP contribution < -0.4 is 0 Å². The highest BCUT2D eigenvalue weighted by molar-refractivity contribution is 5.69. The van der Waals surface area contributed by atoms with Gasteiger partial charge in [-0.1, -0.05) is 70.3 Å². The van der Waals surface area contributed by atoms with Crippen LogP contribution in [0.3, 0.4) is 0 Å². The Hall–Kier alpha value is -1.05. The number of allylic oxidation sites excluding steroid dienone is 3. The molecule has 2 heteroatoms. The van der Waals surface area contributed by atoms with E-state index in [1.165, 1.54) is 38.5 Å². The summed E-state index contributed by atoms with van der Waals surface area (Å²) >= 11 is 0. The topological polar surface area (TPSA) is 26.3 Å². The largest absolute Gasteiger partial charge is 0.465 e. The Balaban J connectivity index is 3.32. The summed E-state index contributed by atoms with van der Waals surface area (Å²) in [5, 5.41) is 0. The van der Waals surface area contributed by atoms with Crippen LogP contribution in [0.1, 0.15) is 90.9 Å². The van der Waals surface area contributed by atoms with Gasteiger partial charge in [0.15, 0.2) is 0 Å². The van der Waals surface area contributed by atoms with Crippen LogP contribution in [0.25, 0.3) is 0 Å². The van der Waals surface area contributed by atoms with E-state index in [1.54, 1.807) is 0 Å². The number of carbonyl (C=O) groups excluding carboxylic acids is 1. The summed E-state index contributed by atoms with van der Waals surface area (Å²) in [6.07, 6.45) is 22.0. The van der Waals surface area contributed by atoms with Gasteiger partial charge in [-0.15, -0.1) is 0 Å². The molecule has 0 unspecified atom stereocenters. The SMILES string of the molecule is CCCC/C=C/CCCC(=O)OCC/C=C/CCCCCC. The smallest absolute Gasteiger partial charge is 0.305 e. The van der Waals surface area contributed by atoms with Crippen LogP contribution in [0, 0.1) is 0 Å². The van der Waals surface area contributed by atoms with Gasteiger partial charge in [0.1, 0.15) is 0 Å². The minimum Gasteiger partial charge on any atom is -0.465 e. The van der Waals surface area contributed by atoms with Crippen LogP contribution in [0.5, 0.6) is 0 Å². The Kier molecular flexibility index (Phi) is 17.1. The van der Waals surface area contributed by atoms with Crippen LogP contribution in [0.2, 0.25) is 0 Å². The van der Waals surface area contributed by atoms with Gasteiger partial charge in [-0.2, -0.15) is 0 Å². The second kappa shape index (κ2) is 18.0. The second-order valence-electron chi connectivity index (χ2n) is 5.84. The Morgan fingerprint density at radius 3 is 2.00 bits per heavy atom. The average molecular weight is 309 g/mol. The van der Waals surface area contributed by atoms with E-state index in [0.29, 0.717) is 13.0 Å². The van der Waals surface area contributed by atoms with Crippen LogP contribution in [-0.2, 0) is 9.53 Å². The summed E-state index contributed by atoms with van der Waals surface area (Å²) in [7, 11) is 0. The summed E-state index contributed by atoms with van der Waals surface area (Å²) in [6, 6.07) is 0. The molecule has 0 aromatic rings. The van der Waals surface area contributed by atoms with E-state index in [-0.39, 0.29) is 5.97 Å². The lowest BCUT2D eigenvalue weighted by atomic mass is 10.1. The molecule has 22 heavy (non-hydrogen) atoms. The third-order valence-electron chi connectivity index (χ3n) is 3.58. The van der Waals surface area contributed by atoms with Crippen molar-refractivity contribution in [3.63, 3.8) is 0 Å². The lowest BCUT2D eigenvalue weighted by Crippen LogP contribution is -2.04. The molecule has 0 aromatic carbocycles. The Morgan fingerprint density at radius 1 is 0.727 bits per heavy atom. The highest BCUT2D eigenvalue weighted by Gasteiger charge is 2.00. The number of rotatable bonds is 15. The van der Waals surface area contributed by atoms with Gasteiger partial charge in [0, 0.05) is 6.42 Å². The fraction of sp³-hybridized carbons (Fsp3) is 0.750. The Bertz CT molecular complexity index is 292. The Labute approximate surface area is 138 Å². The Morgan fingerprint density at radius 2 is 1.32 bits per heavy atom. The zero-order valence-electron chi connectivity index (χ0n) is 14.8. The average Bonchev–Trinajstić information content (AvgIpc) is 2.52. The number of ether oxygens (including phenoxy) is 1. The zero-order valence-corrected chi connectivity index (χ0v) is 14.8. The summed E-state index contributed by atoms with van der Waals surface area (Å²) in [6.45, 7) is 4.95. The highest BCUT2D eigenvalue weighted by atomic mass is 16.5. The minimum absolute atomic E-state index is 0.0571. The first-order chi connectivity index (χ1) is 10.8. The van der Waals surface area contributed by atoms with Gasteiger partial charge < -0.3 is 4.74 Å². The molecule has 0 rings (SSSR count). The van der Waals surface area contributed by atoms with E-state index in [1.807, 2.05) is 0 Å². The molecule has 0 fully saturated rings. The first kappa shape index (κ1) is 20.9. The van der Waals surface area contributed by atoms with Gasteiger partial charge in [0.25, 0.3) is 0 Å². The van der Waals surface area contributed by atoms with Crippen molar-refractivity contribution in [3.05, 3.63) is 24.3 Å². The molecule has 0 bridgehead atoms. The first-order valence-corrected chi connectivity index (χ1v) is 9.26. The molecular formula is C20H36O2. The maximum Gasteiger partial charge on any atom is 0.305 e. The third kappa shape index (κ3) is 17.0. The predicted octanol–water partition coefficient (Wildman–Crippen LogP) is 6.36. The van der Waals surface area contributed by atoms with E-state index in [0.717, 1.165) is 32.1 Å². The zero-order chi connectivity index (χ0) is 16.3. The van der Waals surface area contributed by atoms with E-state index in [2.05, 4.69) is 38.2 Å².